The molecular formula is C21H27BrN4O. The zero-order valence-corrected chi connectivity index (χ0v) is 17.7. The van der Waals surface area contributed by atoms with Crippen molar-refractivity contribution in [2.24, 2.45) is 4.99 Å². The van der Waals surface area contributed by atoms with E-state index in [9.17, 15) is 4.79 Å². The number of carbonyl (C=O) groups excluding carboxylic acids is 1. The number of hydrogen-bond acceptors (Lipinski definition) is 2. The molecule has 0 spiro atoms. The van der Waals surface area contributed by atoms with Gasteiger partial charge in [-0.05, 0) is 42.7 Å². The first-order valence-electron chi connectivity index (χ1n) is 9.09. The summed E-state index contributed by atoms with van der Waals surface area (Å²) in [6, 6.07) is 15.9. The number of amides is 1. The lowest BCUT2D eigenvalue weighted by Gasteiger charge is -2.22. The van der Waals surface area contributed by atoms with Gasteiger partial charge < -0.3 is 15.5 Å². The molecule has 2 N–H and O–H groups in total. The van der Waals surface area contributed by atoms with Crippen LogP contribution < -0.4 is 10.6 Å². The highest BCUT2D eigenvalue weighted by atomic mass is 79.9. The number of carbonyl (C=O) groups is 1. The SMILES string of the molecule is CCNC(=NCCc1cccc(C(=O)NC)c1)N(C)Cc1ccccc1Br. The van der Waals surface area contributed by atoms with Crippen LogP contribution in [0.25, 0.3) is 0 Å². The predicted octanol–water partition coefficient (Wildman–Crippen LogP) is 3.45. The number of rotatable bonds is 7. The summed E-state index contributed by atoms with van der Waals surface area (Å²) < 4.78 is 1.10. The number of aliphatic imine (C=N–C) groups is 1. The van der Waals surface area contributed by atoms with Gasteiger partial charge in [0.1, 0.15) is 0 Å². The third-order valence-corrected chi connectivity index (χ3v) is 4.91. The third-order valence-electron chi connectivity index (χ3n) is 4.14. The second-order valence-corrected chi connectivity index (χ2v) is 7.07. The molecule has 0 bridgehead atoms. The van der Waals surface area contributed by atoms with Crippen molar-refractivity contribution in [1.82, 2.24) is 15.5 Å². The summed E-state index contributed by atoms with van der Waals surface area (Å²) >= 11 is 3.60. The molecule has 1 amide bonds. The molecular weight excluding hydrogens is 404 g/mol. The molecule has 0 aromatic heterocycles. The van der Waals surface area contributed by atoms with Crippen molar-refractivity contribution in [2.75, 3.05) is 27.2 Å². The average molecular weight is 431 g/mol. The fourth-order valence-corrected chi connectivity index (χ4v) is 3.14. The number of nitrogens with one attached hydrogen (secondary N) is 2. The molecule has 0 atom stereocenters. The second kappa shape index (κ2) is 10.7. The summed E-state index contributed by atoms with van der Waals surface area (Å²) in [5.74, 6) is 0.803. The monoisotopic (exact) mass is 430 g/mol. The number of nitrogens with zero attached hydrogens (tertiary/aromatic N) is 2. The standard InChI is InChI=1S/C21H27BrN4O/c1-4-24-21(26(3)15-18-9-5-6-11-19(18)22)25-13-12-16-8-7-10-17(14-16)20(27)23-2/h5-11,14H,4,12-13,15H2,1-3H3,(H,23,27)(H,24,25). The van der Waals surface area contributed by atoms with Gasteiger partial charge in [0.25, 0.3) is 5.91 Å². The minimum Gasteiger partial charge on any atom is -0.357 e. The molecule has 27 heavy (non-hydrogen) atoms. The van der Waals surface area contributed by atoms with Gasteiger partial charge in [-0.15, -0.1) is 0 Å². The van der Waals surface area contributed by atoms with Crippen molar-refractivity contribution in [1.29, 1.82) is 0 Å². The van der Waals surface area contributed by atoms with Crippen molar-refractivity contribution < 1.29 is 4.79 Å². The van der Waals surface area contributed by atoms with Crippen LogP contribution in [0.4, 0.5) is 0 Å². The third kappa shape index (κ3) is 6.40. The summed E-state index contributed by atoms with van der Waals surface area (Å²) in [5, 5.41) is 6.00. The Hall–Kier alpha value is -2.34. The quantitative estimate of drug-likeness (QED) is 0.522. The van der Waals surface area contributed by atoms with Crippen LogP contribution in [0.3, 0.4) is 0 Å². The smallest absolute Gasteiger partial charge is 0.251 e. The van der Waals surface area contributed by atoms with Gasteiger partial charge >= 0.3 is 0 Å². The largest absolute Gasteiger partial charge is 0.357 e. The van der Waals surface area contributed by atoms with Crippen LogP contribution in [0.1, 0.15) is 28.4 Å². The fraction of sp³-hybridized carbons (Fsp3) is 0.333. The van der Waals surface area contributed by atoms with Gasteiger partial charge in [0.15, 0.2) is 5.96 Å². The molecule has 0 aliphatic rings. The van der Waals surface area contributed by atoms with Crippen LogP contribution in [0.5, 0.6) is 0 Å². The van der Waals surface area contributed by atoms with Crippen LogP contribution in [-0.4, -0.2) is 44.0 Å². The topological polar surface area (TPSA) is 56.7 Å². The van der Waals surface area contributed by atoms with E-state index in [0.29, 0.717) is 12.1 Å². The molecule has 0 heterocycles. The first-order valence-corrected chi connectivity index (χ1v) is 9.88. The molecule has 0 saturated heterocycles. The first-order chi connectivity index (χ1) is 13.0. The molecule has 2 aromatic rings. The Morgan fingerprint density at radius 2 is 1.96 bits per heavy atom. The highest BCUT2D eigenvalue weighted by Gasteiger charge is 2.09. The summed E-state index contributed by atoms with van der Waals surface area (Å²) in [6.45, 7) is 4.29. The minimum absolute atomic E-state index is 0.0677. The number of hydrogen-bond donors (Lipinski definition) is 2. The maximum absolute atomic E-state index is 11.8. The van der Waals surface area contributed by atoms with Gasteiger partial charge in [-0.3, -0.25) is 9.79 Å². The summed E-state index contributed by atoms with van der Waals surface area (Å²) in [4.78, 5) is 18.6. The van der Waals surface area contributed by atoms with Crippen molar-refractivity contribution >= 4 is 27.8 Å². The van der Waals surface area contributed by atoms with E-state index in [0.717, 1.165) is 35.5 Å². The van der Waals surface area contributed by atoms with Crippen LogP contribution >= 0.6 is 15.9 Å². The molecule has 0 unspecified atom stereocenters. The van der Waals surface area contributed by atoms with Gasteiger partial charge in [-0.1, -0.05) is 46.3 Å². The summed E-state index contributed by atoms with van der Waals surface area (Å²) in [6.07, 6.45) is 0.780. The Balaban J connectivity index is 2.02. The van der Waals surface area contributed by atoms with E-state index in [2.05, 4.69) is 44.5 Å². The lowest BCUT2D eigenvalue weighted by atomic mass is 10.1. The molecule has 0 aliphatic carbocycles. The first kappa shape index (κ1) is 21.0. The highest BCUT2D eigenvalue weighted by molar-refractivity contribution is 9.10. The molecule has 0 aliphatic heterocycles. The van der Waals surface area contributed by atoms with Crippen molar-refractivity contribution in [3.8, 4) is 0 Å². The van der Waals surface area contributed by atoms with Gasteiger partial charge in [0, 0.05) is 43.8 Å². The van der Waals surface area contributed by atoms with E-state index >= 15 is 0 Å². The molecule has 6 heteroatoms. The predicted molar refractivity (Wildman–Crippen MR) is 115 cm³/mol. The van der Waals surface area contributed by atoms with Gasteiger partial charge in [-0.2, -0.15) is 0 Å². The van der Waals surface area contributed by atoms with E-state index in [4.69, 9.17) is 4.99 Å². The molecule has 2 aromatic carbocycles. The zero-order valence-electron chi connectivity index (χ0n) is 16.1. The molecule has 0 saturated carbocycles. The van der Waals surface area contributed by atoms with Crippen molar-refractivity contribution in [3.63, 3.8) is 0 Å². The Morgan fingerprint density at radius 1 is 1.19 bits per heavy atom. The number of guanidine groups is 1. The minimum atomic E-state index is -0.0677. The molecule has 0 fully saturated rings. The van der Waals surface area contributed by atoms with Gasteiger partial charge in [0.05, 0.1) is 0 Å². The lowest BCUT2D eigenvalue weighted by molar-refractivity contribution is 0.0963. The highest BCUT2D eigenvalue weighted by Crippen LogP contribution is 2.17. The van der Waals surface area contributed by atoms with E-state index in [1.54, 1.807) is 7.05 Å². The fourth-order valence-electron chi connectivity index (χ4n) is 2.73. The molecule has 0 radical (unpaired) electrons. The maximum atomic E-state index is 11.8. The molecule has 2 rings (SSSR count). The zero-order chi connectivity index (χ0) is 19.6. The number of benzene rings is 2. The second-order valence-electron chi connectivity index (χ2n) is 6.21. The Labute approximate surface area is 170 Å². The Morgan fingerprint density at radius 3 is 2.67 bits per heavy atom. The van der Waals surface area contributed by atoms with E-state index < -0.39 is 0 Å². The molecule has 144 valence electrons. The maximum Gasteiger partial charge on any atom is 0.251 e. The van der Waals surface area contributed by atoms with Crippen LogP contribution in [0, 0.1) is 0 Å². The molecule has 5 nitrogen and oxygen atoms in total. The van der Waals surface area contributed by atoms with Crippen LogP contribution in [0.2, 0.25) is 0 Å². The Bertz CT molecular complexity index is 791. The van der Waals surface area contributed by atoms with Crippen molar-refractivity contribution in [2.45, 2.75) is 19.9 Å². The summed E-state index contributed by atoms with van der Waals surface area (Å²) in [5.41, 5.74) is 2.99. The van der Waals surface area contributed by atoms with E-state index in [1.807, 2.05) is 49.5 Å². The van der Waals surface area contributed by atoms with E-state index in [-0.39, 0.29) is 5.91 Å². The average Bonchev–Trinajstić information content (AvgIpc) is 2.68. The van der Waals surface area contributed by atoms with Gasteiger partial charge in [-0.25, -0.2) is 0 Å². The van der Waals surface area contributed by atoms with Crippen LogP contribution in [-0.2, 0) is 13.0 Å². The summed E-state index contributed by atoms with van der Waals surface area (Å²) in [7, 11) is 3.68. The Kier molecular flexibility index (Phi) is 8.33. The van der Waals surface area contributed by atoms with Gasteiger partial charge in [0.2, 0.25) is 0 Å². The lowest BCUT2D eigenvalue weighted by Crippen LogP contribution is -2.38. The number of halogens is 1. The van der Waals surface area contributed by atoms with E-state index in [1.165, 1.54) is 5.56 Å². The van der Waals surface area contributed by atoms with Crippen molar-refractivity contribution in [3.05, 3.63) is 69.7 Å². The van der Waals surface area contributed by atoms with Crippen LogP contribution in [0.15, 0.2) is 58.0 Å². The normalized spacial score (nSPS) is 11.2.